The second kappa shape index (κ2) is 8.22. The lowest BCUT2D eigenvalue weighted by Gasteiger charge is -2.72. The molecule has 6 rings (SSSR count). The first kappa shape index (κ1) is 25.1. The monoisotopic (exact) mass is 488 g/mol. The van der Waals surface area contributed by atoms with Gasteiger partial charge in [0.1, 0.15) is 23.4 Å². The van der Waals surface area contributed by atoms with Crippen LogP contribution in [0.1, 0.15) is 85.0 Å². The number of hydrogen-bond acceptors (Lipinski definition) is 7. The fourth-order valence-electron chi connectivity index (χ4n) is 8.84. The quantitative estimate of drug-likeness (QED) is 0.321. The highest BCUT2D eigenvalue weighted by molar-refractivity contribution is 6.06. The van der Waals surface area contributed by atoms with E-state index in [-0.39, 0.29) is 18.8 Å². The van der Waals surface area contributed by atoms with E-state index >= 15 is 0 Å². The number of carbonyl (C=O) groups is 3. The molecule has 8 atom stereocenters. The van der Waals surface area contributed by atoms with Gasteiger partial charge in [-0.2, -0.15) is 0 Å². The molecule has 0 radical (unpaired) electrons. The zero-order valence-corrected chi connectivity index (χ0v) is 21.3. The Bertz CT molecular complexity index is 955. The third-order valence-corrected chi connectivity index (χ3v) is 10.4. The number of aliphatic hydroxyl groups excluding tert-OH is 1. The molecule has 2 aliphatic heterocycles. The number of Topliss-reactive ketones (excluding diaryl/α,β-unsaturated/α-hetero) is 2. The van der Waals surface area contributed by atoms with Gasteiger partial charge in [-0.1, -0.05) is 53.0 Å². The van der Waals surface area contributed by atoms with Crippen molar-refractivity contribution in [3.63, 3.8) is 0 Å². The fraction of sp³-hybridized carbons (Fsp3) is 0.821. The number of unbranched alkanes of at least 4 members (excludes halogenated alkanes) is 4. The molecule has 6 fully saturated rings. The van der Waals surface area contributed by atoms with E-state index in [1.165, 1.54) is 0 Å². The summed E-state index contributed by atoms with van der Waals surface area (Å²) >= 11 is 0. The number of fused-ring (bicyclic) bond motifs is 2. The van der Waals surface area contributed by atoms with Gasteiger partial charge in [0.25, 0.3) is 0 Å². The van der Waals surface area contributed by atoms with Crippen molar-refractivity contribution in [1.82, 2.24) is 0 Å². The van der Waals surface area contributed by atoms with E-state index in [4.69, 9.17) is 9.47 Å². The molecule has 4 bridgehead atoms. The summed E-state index contributed by atoms with van der Waals surface area (Å²) in [5, 5.41) is 23.8. The molecule has 0 amide bonds. The number of esters is 1. The Balaban J connectivity index is 1.55. The maximum atomic E-state index is 14.0. The minimum atomic E-state index is -2.24. The lowest BCUT2D eigenvalue weighted by atomic mass is 9.36. The third kappa shape index (κ3) is 2.98. The first-order valence-electron chi connectivity index (χ1n) is 13.5. The molecule has 0 aromatic rings. The van der Waals surface area contributed by atoms with Gasteiger partial charge < -0.3 is 19.7 Å². The first-order chi connectivity index (χ1) is 16.5. The van der Waals surface area contributed by atoms with Crippen molar-refractivity contribution in [3.8, 4) is 0 Å². The smallest absolute Gasteiger partial charge is 0.306 e. The number of ether oxygens (including phenoxy) is 2. The summed E-state index contributed by atoms with van der Waals surface area (Å²) in [6, 6.07) is 0. The van der Waals surface area contributed by atoms with Gasteiger partial charge in [-0.05, 0) is 42.6 Å². The standard InChI is InChI=1S/C28H40O7/c1-5-6-7-8-9-10-20(30)35-24-17-11-12-18-26-15-34-28(33,27(18,24)22(31)16(17)2)23(32)21(26)25(3,4)14-13-19(26)29/h17-18,21,23-24,32-33H,2,5-15H2,1,3-4H3/t17-,18?,21+,23-,24+,26+,27-,28-/m0/s1. The molecular weight excluding hydrogens is 448 g/mol. The molecule has 7 nitrogen and oxygen atoms in total. The molecule has 2 N–H and O–H groups in total. The molecule has 6 aliphatic rings. The molecule has 2 saturated heterocycles. The lowest BCUT2D eigenvalue weighted by molar-refractivity contribution is -0.437. The molecule has 1 unspecified atom stereocenters. The molecule has 2 spiro atoms. The first-order valence-corrected chi connectivity index (χ1v) is 13.5. The molecule has 2 heterocycles. The van der Waals surface area contributed by atoms with Crippen LogP contribution in [0.4, 0.5) is 0 Å². The molecule has 0 aromatic carbocycles. The van der Waals surface area contributed by atoms with Crippen LogP contribution in [0, 0.1) is 34.0 Å². The van der Waals surface area contributed by atoms with Crippen LogP contribution in [0.3, 0.4) is 0 Å². The molecule has 7 heteroatoms. The van der Waals surface area contributed by atoms with Crippen LogP contribution in [-0.2, 0) is 23.9 Å². The predicted octanol–water partition coefficient (Wildman–Crippen LogP) is 3.50. The zero-order chi connectivity index (χ0) is 25.4. The van der Waals surface area contributed by atoms with Gasteiger partial charge in [-0.3, -0.25) is 14.4 Å². The SMILES string of the molecule is C=C1C(=O)[C@@]23C(CC[C@@H]1[C@H]2OC(=O)CCCCCCC)[C@@]12CO[C@@]3(O)[C@@H](O)[C@@H]1C(C)(C)CCC2=O. The molecule has 4 aliphatic carbocycles. The van der Waals surface area contributed by atoms with E-state index in [9.17, 15) is 24.6 Å². The summed E-state index contributed by atoms with van der Waals surface area (Å²) in [5.74, 6) is -4.64. The van der Waals surface area contributed by atoms with Gasteiger partial charge in [-0.15, -0.1) is 0 Å². The summed E-state index contributed by atoms with van der Waals surface area (Å²) in [4.78, 5) is 40.7. The second-order valence-electron chi connectivity index (χ2n) is 12.4. The number of ketones is 2. The molecule has 4 saturated carbocycles. The Labute approximate surface area is 207 Å². The Morgan fingerprint density at radius 1 is 1.17 bits per heavy atom. The third-order valence-electron chi connectivity index (χ3n) is 10.4. The van der Waals surface area contributed by atoms with Crippen LogP contribution in [0.5, 0.6) is 0 Å². The summed E-state index contributed by atoms with van der Waals surface area (Å²) in [5.41, 5.74) is -2.92. The van der Waals surface area contributed by atoms with Gasteiger partial charge in [0, 0.05) is 24.7 Å². The molecule has 0 aromatic heterocycles. The van der Waals surface area contributed by atoms with Gasteiger partial charge in [0.05, 0.1) is 12.0 Å². The van der Waals surface area contributed by atoms with Crippen molar-refractivity contribution in [1.29, 1.82) is 0 Å². The number of aliphatic hydroxyl groups is 2. The highest BCUT2D eigenvalue weighted by atomic mass is 16.6. The minimum Gasteiger partial charge on any atom is -0.460 e. The van der Waals surface area contributed by atoms with Crippen molar-refractivity contribution in [2.75, 3.05) is 6.61 Å². The predicted molar refractivity (Wildman–Crippen MR) is 127 cm³/mol. The van der Waals surface area contributed by atoms with Crippen molar-refractivity contribution in [2.24, 2.45) is 34.0 Å². The number of hydrogen-bond donors (Lipinski definition) is 2. The molecule has 194 valence electrons. The molecular formula is C28H40O7. The Morgan fingerprint density at radius 3 is 2.60 bits per heavy atom. The summed E-state index contributed by atoms with van der Waals surface area (Å²) in [6.07, 6.45) is 4.73. The van der Waals surface area contributed by atoms with E-state index in [2.05, 4.69) is 13.5 Å². The highest BCUT2D eigenvalue weighted by Gasteiger charge is 2.88. The largest absolute Gasteiger partial charge is 0.460 e. The summed E-state index contributed by atoms with van der Waals surface area (Å²) in [7, 11) is 0. The van der Waals surface area contributed by atoms with E-state index < -0.39 is 63.7 Å². The van der Waals surface area contributed by atoms with Crippen LogP contribution >= 0.6 is 0 Å². The van der Waals surface area contributed by atoms with E-state index in [0.29, 0.717) is 37.7 Å². The normalized spacial score (nSPS) is 45.3. The zero-order valence-electron chi connectivity index (χ0n) is 21.3. The van der Waals surface area contributed by atoms with E-state index in [0.717, 1.165) is 25.7 Å². The van der Waals surface area contributed by atoms with Gasteiger partial charge >= 0.3 is 5.97 Å². The van der Waals surface area contributed by atoms with Crippen LogP contribution in [-0.4, -0.2) is 52.4 Å². The van der Waals surface area contributed by atoms with Crippen molar-refractivity contribution < 1.29 is 34.1 Å². The average Bonchev–Trinajstić information content (AvgIpc) is 2.92. The average molecular weight is 489 g/mol. The van der Waals surface area contributed by atoms with Crippen LogP contribution in [0.15, 0.2) is 12.2 Å². The van der Waals surface area contributed by atoms with E-state index in [1.54, 1.807) is 0 Å². The van der Waals surface area contributed by atoms with Gasteiger partial charge in [-0.25, -0.2) is 0 Å². The topological polar surface area (TPSA) is 110 Å². The van der Waals surface area contributed by atoms with E-state index in [1.807, 2.05) is 13.8 Å². The minimum absolute atomic E-state index is 0.0169. The van der Waals surface area contributed by atoms with Crippen LogP contribution in [0.25, 0.3) is 0 Å². The highest BCUT2D eigenvalue weighted by Crippen LogP contribution is 2.76. The maximum absolute atomic E-state index is 14.0. The Kier molecular flexibility index (Phi) is 5.89. The maximum Gasteiger partial charge on any atom is 0.306 e. The van der Waals surface area contributed by atoms with Crippen molar-refractivity contribution >= 4 is 17.5 Å². The lowest BCUT2D eigenvalue weighted by Crippen LogP contribution is -2.85. The van der Waals surface area contributed by atoms with Gasteiger partial charge in [0.15, 0.2) is 5.78 Å². The second-order valence-corrected chi connectivity index (χ2v) is 12.4. The van der Waals surface area contributed by atoms with Crippen molar-refractivity contribution in [2.45, 2.75) is 103 Å². The van der Waals surface area contributed by atoms with Crippen LogP contribution < -0.4 is 0 Å². The summed E-state index contributed by atoms with van der Waals surface area (Å²) in [6.45, 7) is 10.2. The fourth-order valence-corrected chi connectivity index (χ4v) is 8.84. The Hall–Kier alpha value is -1.57. The van der Waals surface area contributed by atoms with Gasteiger partial charge in [0.2, 0.25) is 5.79 Å². The number of carbonyl (C=O) groups excluding carboxylic acids is 3. The number of rotatable bonds is 7. The summed E-state index contributed by atoms with van der Waals surface area (Å²) < 4.78 is 12.0. The van der Waals surface area contributed by atoms with Crippen LogP contribution in [0.2, 0.25) is 0 Å². The molecule has 35 heavy (non-hydrogen) atoms. The van der Waals surface area contributed by atoms with Crippen molar-refractivity contribution in [3.05, 3.63) is 12.2 Å². The Morgan fingerprint density at radius 2 is 1.89 bits per heavy atom.